The van der Waals surface area contributed by atoms with Gasteiger partial charge in [0.1, 0.15) is 0 Å². The van der Waals surface area contributed by atoms with Gasteiger partial charge in [-0.1, -0.05) is 46.0 Å². The molecule has 0 amide bonds. The number of nitrogens with one attached hydrogen (secondary N) is 1. The Morgan fingerprint density at radius 2 is 1.69 bits per heavy atom. The molecule has 98 valence electrons. The lowest BCUT2D eigenvalue weighted by Crippen LogP contribution is -2.36. The minimum atomic E-state index is 0.429. The molecule has 0 spiro atoms. The number of rotatable bonds is 12. The van der Waals surface area contributed by atoms with Gasteiger partial charge in [-0.15, -0.1) is 0 Å². The zero-order valence-corrected chi connectivity index (χ0v) is 11.1. The lowest BCUT2D eigenvalue weighted by Gasteiger charge is -2.15. The average molecular weight is 230 g/mol. The van der Waals surface area contributed by atoms with Gasteiger partial charge in [0.2, 0.25) is 0 Å². The molecule has 0 aliphatic rings. The van der Waals surface area contributed by atoms with E-state index >= 15 is 0 Å². The van der Waals surface area contributed by atoms with Crippen molar-refractivity contribution in [2.45, 2.75) is 71.3 Å². The molecule has 1 unspecified atom stereocenters. The van der Waals surface area contributed by atoms with Crippen molar-refractivity contribution in [2.75, 3.05) is 13.2 Å². The van der Waals surface area contributed by atoms with E-state index in [4.69, 9.17) is 10.6 Å². The van der Waals surface area contributed by atoms with Gasteiger partial charge in [0, 0.05) is 19.3 Å². The van der Waals surface area contributed by atoms with Gasteiger partial charge in [0.25, 0.3) is 0 Å². The van der Waals surface area contributed by atoms with Crippen molar-refractivity contribution >= 4 is 0 Å². The molecule has 0 aromatic rings. The number of hydrazine groups is 1. The standard InChI is InChI=1S/C13H30N2O/c1-3-5-6-7-8-9-13(15-14)10-12-16-11-4-2/h13,15H,3-12,14H2,1-2H3. The molecule has 0 aromatic carbocycles. The van der Waals surface area contributed by atoms with Gasteiger partial charge in [-0.05, 0) is 19.3 Å². The monoisotopic (exact) mass is 230 g/mol. The van der Waals surface area contributed by atoms with Crippen LogP contribution in [0.3, 0.4) is 0 Å². The molecule has 0 aliphatic heterocycles. The first kappa shape index (κ1) is 15.9. The Labute approximate surface area is 101 Å². The van der Waals surface area contributed by atoms with Gasteiger partial charge in [0.15, 0.2) is 0 Å². The number of ether oxygens (including phenoxy) is 1. The molecule has 3 nitrogen and oxygen atoms in total. The molecule has 0 saturated heterocycles. The van der Waals surface area contributed by atoms with E-state index in [0.29, 0.717) is 6.04 Å². The molecule has 16 heavy (non-hydrogen) atoms. The van der Waals surface area contributed by atoms with Gasteiger partial charge in [-0.25, -0.2) is 0 Å². The number of hydrogen-bond acceptors (Lipinski definition) is 3. The van der Waals surface area contributed by atoms with Crippen LogP contribution in [0.4, 0.5) is 0 Å². The lowest BCUT2D eigenvalue weighted by molar-refractivity contribution is 0.123. The summed E-state index contributed by atoms with van der Waals surface area (Å²) in [5.41, 5.74) is 2.89. The second-order valence-corrected chi connectivity index (χ2v) is 4.47. The highest BCUT2D eigenvalue weighted by atomic mass is 16.5. The summed E-state index contributed by atoms with van der Waals surface area (Å²) < 4.78 is 5.46. The third-order valence-electron chi connectivity index (χ3n) is 2.85. The zero-order chi connectivity index (χ0) is 12.1. The van der Waals surface area contributed by atoms with Crippen LogP contribution in [-0.2, 0) is 4.74 Å². The highest BCUT2D eigenvalue weighted by Gasteiger charge is 2.05. The molecule has 0 fully saturated rings. The van der Waals surface area contributed by atoms with Gasteiger partial charge < -0.3 is 4.74 Å². The van der Waals surface area contributed by atoms with Crippen molar-refractivity contribution in [3.8, 4) is 0 Å². The number of unbranched alkanes of at least 4 members (excludes halogenated alkanes) is 4. The summed E-state index contributed by atoms with van der Waals surface area (Å²) in [6.45, 7) is 6.08. The van der Waals surface area contributed by atoms with E-state index < -0.39 is 0 Å². The van der Waals surface area contributed by atoms with E-state index in [-0.39, 0.29) is 0 Å². The molecular formula is C13H30N2O. The molecule has 0 radical (unpaired) electrons. The minimum absolute atomic E-state index is 0.429. The van der Waals surface area contributed by atoms with Crippen molar-refractivity contribution < 1.29 is 4.74 Å². The quantitative estimate of drug-likeness (QED) is 0.308. The SMILES string of the molecule is CCCCCCCC(CCOCCC)NN. The van der Waals surface area contributed by atoms with Crippen LogP contribution in [0, 0.1) is 0 Å². The Kier molecular flexibility index (Phi) is 12.9. The maximum atomic E-state index is 5.52. The lowest BCUT2D eigenvalue weighted by atomic mass is 10.0. The predicted octanol–water partition coefficient (Wildman–Crippen LogP) is 3.00. The largest absolute Gasteiger partial charge is 0.381 e. The average Bonchev–Trinajstić information content (AvgIpc) is 2.31. The molecule has 0 heterocycles. The van der Waals surface area contributed by atoms with E-state index in [1.165, 1.54) is 38.5 Å². The van der Waals surface area contributed by atoms with Crippen LogP contribution in [0.2, 0.25) is 0 Å². The molecule has 0 bridgehead atoms. The molecule has 3 N–H and O–H groups in total. The van der Waals surface area contributed by atoms with Gasteiger partial charge >= 0.3 is 0 Å². The first-order valence-electron chi connectivity index (χ1n) is 6.89. The van der Waals surface area contributed by atoms with Crippen LogP contribution in [0.5, 0.6) is 0 Å². The third-order valence-corrected chi connectivity index (χ3v) is 2.85. The van der Waals surface area contributed by atoms with Crippen molar-refractivity contribution in [3.63, 3.8) is 0 Å². The number of nitrogens with two attached hydrogens (primary N) is 1. The normalized spacial score (nSPS) is 12.9. The van der Waals surface area contributed by atoms with Crippen LogP contribution < -0.4 is 11.3 Å². The Morgan fingerprint density at radius 1 is 0.938 bits per heavy atom. The van der Waals surface area contributed by atoms with Gasteiger partial charge in [-0.2, -0.15) is 0 Å². The molecule has 0 saturated carbocycles. The predicted molar refractivity (Wildman–Crippen MR) is 70.2 cm³/mol. The van der Waals surface area contributed by atoms with Gasteiger partial charge in [-0.3, -0.25) is 11.3 Å². The fourth-order valence-corrected chi connectivity index (χ4v) is 1.78. The molecular weight excluding hydrogens is 200 g/mol. The van der Waals surface area contributed by atoms with Crippen LogP contribution in [0.25, 0.3) is 0 Å². The first-order chi connectivity index (χ1) is 7.85. The second-order valence-electron chi connectivity index (χ2n) is 4.47. The fraction of sp³-hybridized carbons (Fsp3) is 1.00. The second kappa shape index (κ2) is 12.9. The van der Waals surface area contributed by atoms with E-state index in [9.17, 15) is 0 Å². The van der Waals surface area contributed by atoms with E-state index in [1.54, 1.807) is 0 Å². The fourth-order valence-electron chi connectivity index (χ4n) is 1.78. The van der Waals surface area contributed by atoms with E-state index in [2.05, 4.69) is 19.3 Å². The summed E-state index contributed by atoms with van der Waals surface area (Å²) >= 11 is 0. The molecule has 0 rings (SSSR count). The minimum Gasteiger partial charge on any atom is -0.381 e. The molecule has 3 heteroatoms. The zero-order valence-electron chi connectivity index (χ0n) is 11.1. The van der Waals surface area contributed by atoms with E-state index in [0.717, 1.165) is 26.1 Å². The Hall–Kier alpha value is -0.120. The summed E-state index contributed by atoms with van der Waals surface area (Å²) in [7, 11) is 0. The highest BCUT2D eigenvalue weighted by molar-refractivity contribution is 4.63. The maximum absolute atomic E-state index is 5.52. The van der Waals surface area contributed by atoms with Crippen molar-refractivity contribution in [3.05, 3.63) is 0 Å². The van der Waals surface area contributed by atoms with Crippen molar-refractivity contribution in [2.24, 2.45) is 5.84 Å². The number of hydrogen-bond donors (Lipinski definition) is 2. The van der Waals surface area contributed by atoms with Crippen LogP contribution in [-0.4, -0.2) is 19.3 Å². The summed E-state index contributed by atoms with van der Waals surface area (Å²) in [6.07, 6.45) is 9.95. The Morgan fingerprint density at radius 3 is 2.31 bits per heavy atom. The summed E-state index contributed by atoms with van der Waals surface area (Å²) in [6, 6.07) is 0.429. The summed E-state index contributed by atoms with van der Waals surface area (Å²) in [4.78, 5) is 0. The van der Waals surface area contributed by atoms with Crippen LogP contribution >= 0.6 is 0 Å². The highest BCUT2D eigenvalue weighted by Crippen LogP contribution is 2.08. The first-order valence-corrected chi connectivity index (χ1v) is 6.89. The third kappa shape index (κ3) is 10.4. The molecule has 1 atom stereocenters. The summed E-state index contributed by atoms with van der Waals surface area (Å²) in [5, 5.41) is 0. The Balaban J connectivity index is 3.29. The topological polar surface area (TPSA) is 47.3 Å². The van der Waals surface area contributed by atoms with E-state index in [1.807, 2.05) is 0 Å². The Bertz CT molecular complexity index is 131. The summed E-state index contributed by atoms with van der Waals surface area (Å²) in [5.74, 6) is 5.52. The van der Waals surface area contributed by atoms with Crippen molar-refractivity contribution in [1.82, 2.24) is 5.43 Å². The maximum Gasteiger partial charge on any atom is 0.0481 e. The van der Waals surface area contributed by atoms with Crippen molar-refractivity contribution in [1.29, 1.82) is 0 Å². The van der Waals surface area contributed by atoms with Crippen LogP contribution in [0.1, 0.15) is 65.2 Å². The van der Waals surface area contributed by atoms with Gasteiger partial charge in [0.05, 0.1) is 0 Å². The molecule has 0 aromatic heterocycles. The smallest absolute Gasteiger partial charge is 0.0481 e. The molecule has 0 aliphatic carbocycles. The van der Waals surface area contributed by atoms with Crippen LogP contribution in [0.15, 0.2) is 0 Å².